The number of nitrogens with zero attached hydrogens (tertiary/aromatic N) is 5. The van der Waals surface area contributed by atoms with Gasteiger partial charge in [0.25, 0.3) is 5.69 Å². The molecule has 0 spiro atoms. The minimum atomic E-state index is -4.20. The molecule has 0 atom stereocenters. The molecule has 0 saturated heterocycles. The van der Waals surface area contributed by atoms with Crippen molar-refractivity contribution >= 4 is 5.69 Å². The topological polar surface area (TPSA) is 86.7 Å². The zero-order chi connectivity index (χ0) is 16.8. The Morgan fingerprint density at radius 2 is 2.04 bits per heavy atom. The number of nitro benzene ring substituents is 1. The monoisotopic (exact) mass is 327 g/mol. The lowest BCUT2D eigenvalue weighted by Gasteiger charge is -2.35. The Labute approximate surface area is 128 Å². The molecule has 0 N–H and O–H groups in total. The third-order valence-electron chi connectivity index (χ3n) is 3.99. The van der Waals surface area contributed by atoms with Crippen molar-refractivity contribution in [2.45, 2.75) is 32.0 Å². The average Bonchev–Trinajstić information content (AvgIpc) is 2.84. The molecule has 1 fully saturated rings. The van der Waals surface area contributed by atoms with Gasteiger partial charge < -0.3 is 0 Å². The van der Waals surface area contributed by atoms with E-state index in [-0.39, 0.29) is 24.4 Å². The smallest absolute Gasteiger partial charge is 0.258 e. The summed E-state index contributed by atoms with van der Waals surface area (Å²) in [6.07, 6.45) is -4.35. The number of aryl methyl sites for hydroxylation is 1. The molecule has 7 nitrogen and oxygen atoms in total. The predicted molar refractivity (Wildman–Crippen MR) is 72.5 cm³/mol. The van der Waals surface area contributed by atoms with E-state index in [0.717, 1.165) is 4.80 Å². The summed E-state index contributed by atoms with van der Waals surface area (Å²) in [6, 6.07) is 4.07. The maximum absolute atomic E-state index is 12.5. The lowest BCUT2D eigenvalue weighted by Crippen LogP contribution is -2.37. The van der Waals surface area contributed by atoms with E-state index in [1.807, 2.05) is 0 Å². The van der Waals surface area contributed by atoms with Gasteiger partial charge in [-0.3, -0.25) is 10.1 Å². The number of alkyl halides is 3. The first kappa shape index (κ1) is 15.4. The van der Waals surface area contributed by atoms with E-state index in [2.05, 4.69) is 15.4 Å². The van der Waals surface area contributed by atoms with Crippen LogP contribution in [0.25, 0.3) is 11.4 Å². The van der Waals surface area contributed by atoms with Crippen LogP contribution in [0.2, 0.25) is 0 Å². The van der Waals surface area contributed by atoms with Crippen molar-refractivity contribution in [2.24, 2.45) is 5.92 Å². The molecule has 1 aromatic carbocycles. The van der Waals surface area contributed by atoms with Gasteiger partial charge in [0.05, 0.1) is 16.9 Å². The zero-order valence-electron chi connectivity index (χ0n) is 12.0. The highest BCUT2D eigenvalue weighted by molar-refractivity contribution is 5.60. The number of hydrogen-bond acceptors (Lipinski definition) is 5. The maximum atomic E-state index is 12.5. The predicted octanol–water partition coefficient (Wildman–Crippen LogP) is 3.07. The quantitative estimate of drug-likeness (QED) is 0.639. The highest BCUT2D eigenvalue weighted by atomic mass is 19.4. The van der Waals surface area contributed by atoms with Crippen LogP contribution in [0.5, 0.6) is 0 Å². The van der Waals surface area contributed by atoms with Crippen LogP contribution in [0.1, 0.15) is 24.4 Å². The van der Waals surface area contributed by atoms with Crippen molar-refractivity contribution in [3.05, 3.63) is 33.9 Å². The Bertz CT molecular complexity index is 752. The molecular formula is C13H12F3N5O2. The van der Waals surface area contributed by atoms with Gasteiger partial charge in [0.1, 0.15) is 0 Å². The summed E-state index contributed by atoms with van der Waals surface area (Å²) in [6.45, 7) is 1.61. The van der Waals surface area contributed by atoms with E-state index in [1.165, 1.54) is 6.07 Å². The molecule has 1 aliphatic rings. The standard InChI is InChI=1S/C13H12F3N5O2/c1-7-2-3-8(4-11(7)21(22)23)12-17-19-20(18-12)10-5-9(6-10)13(14,15)16/h2-4,9-10H,5-6H2,1H3. The minimum Gasteiger partial charge on any atom is -0.258 e. The Morgan fingerprint density at radius 1 is 1.35 bits per heavy atom. The molecule has 0 bridgehead atoms. The number of hydrogen-bond donors (Lipinski definition) is 0. The van der Waals surface area contributed by atoms with Gasteiger partial charge in [-0.05, 0) is 25.0 Å². The van der Waals surface area contributed by atoms with Gasteiger partial charge in [-0.1, -0.05) is 12.1 Å². The molecule has 1 heterocycles. The molecule has 3 rings (SSSR count). The summed E-state index contributed by atoms with van der Waals surface area (Å²) in [4.78, 5) is 11.6. The van der Waals surface area contributed by atoms with E-state index in [9.17, 15) is 23.3 Å². The fraction of sp³-hybridized carbons (Fsp3) is 0.462. The molecule has 0 amide bonds. The molecule has 0 unspecified atom stereocenters. The number of nitro groups is 1. The van der Waals surface area contributed by atoms with Crippen LogP contribution < -0.4 is 0 Å². The number of halogens is 3. The molecule has 10 heteroatoms. The van der Waals surface area contributed by atoms with E-state index in [4.69, 9.17) is 0 Å². The summed E-state index contributed by atoms with van der Waals surface area (Å²) in [5.74, 6) is -1.18. The van der Waals surface area contributed by atoms with E-state index in [1.54, 1.807) is 19.1 Å². The van der Waals surface area contributed by atoms with Crippen LogP contribution >= 0.6 is 0 Å². The summed E-state index contributed by atoms with van der Waals surface area (Å²) in [5.41, 5.74) is 0.832. The van der Waals surface area contributed by atoms with Crippen molar-refractivity contribution in [2.75, 3.05) is 0 Å². The third-order valence-corrected chi connectivity index (χ3v) is 3.99. The van der Waals surface area contributed by atoms with Gasteiger partial charge in [0.15, 0.2) is 0 Å². The highest BCUT2D eigenvalue weighted by Crippen LogP contribution is 2.46. The van der Waals surface area contributed by atoms with E-state index in [0.29, 0.717) is 11.1 Å². The number of benzene rings is 1. The molecule has 122 valence electrons. The number of aromatic nitrogens is 4. The number of rotatable bonds is 3. The Kier molecular flexibility index (Phi) is 3.53. The molecule has 2 aromatic rings. The molecule has 1 aliphatic carbocycles. The van der Waals surface area contributed by atoms with Crippen molar-refractivity contribution in [3.63, 3.8) is 0 Å². The first-order valence-electron chi connectivity index (χ1n) is 6.87. The Balaban J connectivity index is 1.78. The molecule has 1 saturated carbocycles. The number of tetrazole rings is 1. The first-order valence-corrected chi connectivity index (χ1v) is 6.87. The minimum absolute atomic E-state index is 0.0698. The third kappa shape index (κ3) is 2.88. The SMILES string of the molecule is Cc1ccc(-c2nnn(C3CC(C(F)(F)F)C3)n2)cc1[N+](=O)[O-]. The largest absolute Gasteiger partial charge is 0.391 e. The van der Waals surface area contributed by atoms with Crippen LogP contribution in [-0.2, 0) is 0 Å². The van der Waals surface area contributed by atoms with E-state index < -0.39 is 23.1 Å². The lowest BCUT2D eigenvalue weighted by atomic mass is 9.80. The van der Waals surface area contributed by atoms with Crippen molar-refractivity contribution in [1.82, 2.24) is 20.2 Å². The van der Waals surface area contributed by atoms with Crippen LogP contribution in [0.3, 0.4) is 0 Å². The normalized spacial score (nSPS) is 21.0. The molecule has 0 aliphatic heterocycles. The Hall–Kier alpha value is -2.52. The zero-order valence-corrected chi connectivity index (χ0v) is 12.0. The maximum Gasteiger partial charge on any atom is 0.391 e. The second-order valence-corrected chi connectivity index (χ2v) is 5.56. The molecule has 0 radical (unpaired) electrons. The molecular weight excluding hydrogens is 315 g/mol. The highest BCUT2D eigenvalue weighted by Gasteiger charge is 2.49. The molecule has 23 heavy (non-hydrogen) atoms. The fourth-order valence-corrected chi connectivity index (χ4v) is 2.48. The van der Waals surface area contributed by atoms with Crippen molar-refractivity contribution < 1.29 is 18.1 Å². The lowest BCUT2D eigenvalue weighted by molar-refractivity contribution is -0.385. The van der Waals surface area contributed by atoms with Gasteiger partial charge in [-0.15, -0.1) is 10.2 Å². The fourth-order valence-electron chi connectivity index (χ4n) is 2.48. The van der Waals surface area contributed by atoms with Crippen molar-refractivity contribution in [3.8, 4) is 11.4 Å². The van der Waals surface area contributed by atoms with Gasteiger partial charge in [-0.25, -0.2) is 0 Å². The van der Waals surface area contributed by atoms with Gasteiger partial charge in [-0.2, -0.15) is 18.0 Å². The van der Waals surface area contributed by atoms with Gasteiger partial charge in [0.2, 0.25) is 5.82 Å². The summed E-state index contributed by atoms with van der Waals surface area (Å²) >= 11 is 0. The summed E-state index contributed by atoms with van der Waals surface area (Å²) in [5, 5.41) is 22.5. The summed E-state index contributed by atoms with van der Waals surface area (Å²) < 4.78 is 37.5. The second kappa shape index (κ2) is 5.28. The van der Waals surface area contributed by atoms with Crippen molar-refractivity contribution in [1.29, 1.82) is 0 Å². The first-order chi connectivity index (χ1) is 10.8. The van der Waals surface area contributed by atoms with Crippen LogP contribution in [0.4, 0.5) is 18.9 Å². The van der Waals surface area contributed by atoms with E-state index >= 15 is 0 Å². The Morgan fingerprint density at radius 3 is 2.65 bits per heavy atom. The molecule has 1 aromatic heterocycles. The average molecular weight is 327 g/mol. The van der Waals surface area contributed by atoms with Gasteiger partial charge in [0, 0.05) is 17.2 Å². The summed E-state index contributed by atoms with van der Waals surface area (Å²) in [7, 11) is 0. The van der Waals surface area contributed by atoms with Crippen LogP contribution in [0, 0.1) is 23.0 Å². The second-order valence-electron chi connectivity index (χ2n) is 5.56. The van der Waals surface area contributed by atoms with Crippen LogP contribution in [-0.4, -0.2) is 31.3 Å². The van der Waals surface area contributed by atoms with Gasteiger partial charge >= 0.3 is 6.18 Å². The van der Waals surface area contributed by atoms with Crippen LogP contribution in [0.15, 0.2) is 18.2 Å².